The molecule has 0 heterocycles. The Bertz CT molecular complexity index is 572. The summed E-state index contributed by atoms with van der Waals surface area (Å²) in [5.41, 5.74) is 7.58. The Morgan fingerprint density at radius 2 is 1.84 bits per heavy atom. The largest absolute Gasteiger partial charge is 0.330 e. The highest BCUT2D eigenvalue weighted by Gasteiger charge is 2.13. The third kappa shape index (κ3) is 3.61. The van der Waals surface area contributed by atoms with Crippen LogP contribution in [0.25, 0.3) is 0 Å². The van der Waals surface area contributed by atoms with Gasteiger partial charge in [0, 0.05) is 10.4 Å². The highest BCUT2D eigenvalue weighted by molar-refractivity contribution is 9.10. The van der Waals surface area contributed by atoms with Crippen LogP contribution in [-0.2, 0) is 6.42 Å². The average molecular weight is 326 g/mol. The standard InChI is InChI=1S/C15H14BrF2N/c16-13-3-1-2-10(7-13)6-12(9-19)11-4-5-14(17)15(18)8-11/h1-5,7-8,12H,6,9,19H2. The molecule has 0 spiro atoms. The molecule has 0 aliphatic heterocycles. The van der Waals surface area contributed by atoms with Crippen molar-refractivity contribution in [3.8, 4) is 0 Å². The van der Waals surface area contributed by atoms with Crippen LogP contribution in [0.1, 0.15) is 17.0 Å². The molecule has 2 aromatic carbocycles. The van der Waals surface area contributed by atoms with Crippen LogP contribution in [0.2, 0.25) is 0 Å². The molecule has 0 aliphatic carbocycles. The van der Waals surface area contributed by atoms with Crippen LogP contribution >= 0.6 is 15.9 Å². The maximum atomic E-state index is 13.3. The van der Waals surface area contributed by atoms with Crippen molar-refractivity contribution in [2.24, 2.45) is 5.73 Å². The van der Waals surface area contributed by atoms with Crippen molar-refractivity contribution in [2.75, 3.05) is 6.54 Å². The van der Waals surface area contributed by atoms with Gasteiger partial charge in [0.1, 0.15) is 0 Å². The smallest absolute Gasteiger partial charge is 0.159 e. The van der Waals surface area contributed by atoms with Crippen molar-refractivity contribution in [3.63, 3.8) is 0 Å². The summed E-state index contributed by atoms with van der Waals surface area (Å²) in [6.45, 7) is 0.386. The second kappa shape index (κ2) is 6.26. The van der Waals surface area contributed by atoms with E-state index >= 15 is 0 Å². The zero-order chi connectivity index (χ0) is 13.8. The van der Waals surface area contributed by atoms with Crippen LogP contribution in [0, 0.1) is 11.6 Å². The van der Waals surface area contributed by atoms with E-state index in [-0.39, 0.29) is 5.92 Å². The average Bonchev–Trinajstić information content (AvgIpc) is 2.39. The van der Waals surface area contributed by atoms with Gasteiger partial charge in [0.05, 0.1) is 0 Å². The summed E-state index contributed by atoms with van der Waals surface area (Å²) < 4.78 is 27.2. The van der Waals surface area contributed by atoms with Crippen molar-refractivity contribution < 1.29 is 8.78 Å². The summed E-state index contributed by atoms with van der Waals surface area (Å²) in [7, 11) is 0. The molecule has 1 nitrogen and oxygen atoms in total. The Kier molecular flexibility index (Phi) is 4.66. The molecule has 1 atom stereocenters. The second-order valence-electron chi connectivity index (χ2n) is 4.44. The van der Waals surface area contributed by atoms with Crippen molar-refractivity contribution >= 4 is 15.9 Å². The normalized spacial score (nSPS) is 12.4. The molecular formula is C15H14BrF2N. The quantitative estimate of drug-likeness (QED) is 0.903. The molecule has 0 radical (unpaired) electrons. The summed E-state index contributed by atoms with van der Waals surface area (Å²) >= 11 is 3.41. The van der Waals surface area contributed by atoms with E-state index < -0.39 is 11.6 Å². The van der Waals surface area contributed by atoms with E-state index in [1.807, 2.05) is 24.3 Å². The molecule has 100 valence electrons. The van der Waals surface area contributed by atoms with Crippen LogP contribution < -0.4 is 5.73 Å². The third-order valence-corrected chi connectivity index (χ3v) is 3.56. The van der Waals surface area contributed by atoms with Gasteiger partial charge in [-0.05, 0) is 48.4 Å². The lowest BCUT2D eigenvalue weighted by atomic mass is 9.92. The lowest BCUT2D eigenvalue weighted by Crippen LogP contribution is -2.15. The van der Waals surface area contributed by atoms with E-state index in [1.165, 1.54) is 6.07 Å². The zero-order valence-electron chi connectivity index (χ0n) is 10.2. The monoisotopic (exact) mass is 325 g/mol. The summed E-state index contributed by atoms with van der Waals surface area (Å²) in [5.74, 6) is -1.68. The molecule has 0 saturated carbocycles. The second-order valence-corrected chi connectivity index (χ2v) is 5.36. The first kappa shape index (κ1) is 14.2. The predicted octanol–water partition coefficient (Wildman–Crippen LogP) is 4.01. The molecule has 1 unspecified atom stereocenters. The number of nitrogens with two attached hydrogens (primary N) is 1. The number of rotatable bonds is 4. The van der Waals surface area contributed by atoms with E-state index in [4.69, 9.17) is 5.73 Å². The van der Waals surface area contributed by atoms with Gasteiger partial charge in [0.2, 0.25) is 0 Å². The highest BCUT2D eigenvalue weighted by Crippen LogP contribution is 2.23. The summed E-state index contributed by atoms with van der Waals surface area (Å²) in [6.07, 6.45) is 0.695. The molecular weight excluding hydrogens is 312 g/mol. The summed E-state index contributed by atoms with van der Waals surface area (Å²) in [5, 5.41) is 0. The van der Waals surface area contributed by atoms with E-state index in [0.717, 1.165) is 21.7 Å². The minimum atomic E-state index is -0.832. The first-order chi connectivity index (χ1) is 9.10. The minimum absolute atomic E-state index is 0.0237. The first-order valence-corrected chi connectivity index (χ1v) is 6.79. The topological polar surface area (TPSA) is 26.0 Å². The summed E-state index contributed by atoms with van der Waals surface area (Å²) in [4.78, 5) is 0. The van der Waals surface area contributed by atoms with Gasteiger partial charge in [-0.25, -0.2) is 8.78 Å². The molecule has 2 N–H and O–H groups in total. The molecule has 2 aromatic rings. The highest BCUT2D eigenvalue weighted by atomic mass is 79.9. The molecule has 2 rings (SSSR count). The van der Waals surface area contributed by atoms with Gasteiger partial charge >= 0.3 is 0 Å². The molecule has 0 aromatic heterocycles. The van der Waals surface area contributed by atoms with Gasteiger partial charge in [0.15, 0.2) is 11.6 Å². The zero-order valence-corrected chi connectivity index (χ0v) is 11.8. The van der Waals surface area contributed by atoms with Crippen molar-refractivity contribution in [2.45, 2.75) is 12.3 Å². The predicted molar refractivity (Wildman–Crippen MR) is 76.0 cm³/mol. The molecule has 0 aliphatic rings. The number of benzene rings is 2. The Morgan fingerprint density at radius 3 is 2.47 bits per heavy atom. The number of hydrogen-bond acceptors (Lipinski definition) is 1. The first-order valence-electron chi connectivity index (χ1n) is 5.99. The van der Waals surface area contributed by atoms with E-state index in [1.54, 1.807) is 6.07 Å². The van der Waals surface area contributed by atoms with Crippen LogP contribution in [0.5, 0.6) is 0 Å². The van der Waals surface area contributed by atoms with Crippen LogP contribution in [0.4, 0.5) is 8.78 Å². The van der Waals surface area contributed by atoms with Crippen molar-refractivity contribution in [3.05, 3.63) is 69.7 Å². The maximum absolute atomic E-state index is 13.3. The molecule has 0 amide bonds. The molecule has 19 heavy (non-hydrogen) atoms. The Hall–Kier alpha value is -1.26. The number of hydrogen-bond donors (Lipinski definition) is 1. The van der Waals surface area contributed by atoms with Gasteiger partial charge in [-0.1, -0.05) is 34.1 Å². The van der Waals surface area contributed by atoms with Gasteiger partial charge in [-0.2, -0.15) is 0 Å². The van der Waals surface area contributed by atoms with E-state index in [9.17, 15) is 8.78 Å². The molecule has 4 heteroatoms. The summed E-state index contributed by atoms with van der Waals surface area (Å²) in [6, 6.07) is 11.8. The lowest BCUT2D eigenvalue weighted by Gasteiger charge is -2.15. The van der Waals surface area contributed by atoms with Crippen LogP contribution in [-0.4, -0.2) is 6.54 Å². The molecule has 0 fully saturated rings. The van der Waals surface area contributed by atoms with Crippen LogP contribution in [0.3, 0.4) is 0 Å². The fraction of sp³-hybridized carbons (Fsp3) is 0.200. The maximum Gasteiger partial charge on any atom is 0.159 e. The Labute approximate surface area is 119 Å². The fourth-order valence-electron chi connectivity index (χ4n) is 2.05. The minimum Gasteiger partial charge on any atom is -0.330 e. The van der Waals surface area contributed by atoms with Gasteiger partial charge in [0.25, 0.3) is 0 Å². The van der Waals surface area contributed by atoms with Crippen molar-refractivity contribution in [1.82, 2.24) is 0 Å². The lowest BCUT2D eigenvalue weighted by molar-refractivity contribution is 0.505. The molecule has 0 bridgehead atoms. The Balaban J connectivity index is 2.22. The van der Waals surface area contributed by atoms with E-state index in [2.05, 4.69) is 15.9 Å². The van der Waals surface area contributed by atoms with Gasteiger partial charge < -0.3 is 5.73 Å². The third-order valence-electron chi connectivity index (χ3n) is 3.07. The number of halogens is 3. The Morgan fingerprint density at radius 1 is 1.05 bits per heavy atom. The SMILES string of the molecule is NCC(Cc1cccc(Br)c1)c1ccc(F)c(F)c1. The molecule has 0 saturated heterocycles. The van der Waals surface area contributed by atoms with E-state index in [0.29, 0.717) is 13.0 Å². The van der Waals surface area contributed by atoms with Gasteiger partial charge in [-0.3, -0.25) is 0 Å². The fourth-order valence-corrected chi connectivity index (χ4v) is 2.50. The van der Waals surface area contributed by atoms with Crippen molar-refractivity contribution in [1.29, 1.82) is 0 Å². The van der Waals surface area contributed by atoms with Crippen LogP contribution in [0.15, 0.2) is 46.9 Å². The van der Waals surface area contributed by atoms with Gasteiger partial charge in [-0.15, -0.1) is 0 Å².